The first-order valence-electron chi connectivity index (χ1n) is 2.73. The largest absolute Gasteiger partial charge is 0.505 e. The highest BCUT2D eigenvalue weighted by Crippen LogP contribution is 2.19. The fraction of sp³-hybridized carbons (Fsp3) is 0. The molecule has 2 nitrogen and oxygen atoms in total. The molecule has 1 aromatic carbocycles. The topological polar surface area (TPSA) is 44.0 Å². The zero-order chi connectivity index (χ0) is 8.43. The van der Waals surface area contributed by atoms with Gasteiger partial charge in [0, 0.05) is 6.07 Å². The smallest absolute Gasteiger partial charge is 0.200 e. The number of benzene rings is 1. The minimum absolute atomic E-state index is 0.110. The van der Waals surface area contributed by atoms with E-state index in [-0.39, 0.29) is 5.56 Å². The number of hydrogen-bond donors (Lipinski definition) is 1. The summed E-state index contributed by atoms with van der Waals surface area (Å²) in [6.07, 6.45) is 0. The number of hydrogen-bond acceptors (Lipinski definition) is 2. The van der Waals surface area contributed by atoms with Gasteiger partial charge in [-0.1, -0.05) is 0 Å². The number of halogens is 2. The van der Waals surface area contributed by atoms with E-state index >= 15 is 0 Å². The first-order chi connectivity index (χ1) is 5.15. The fourth-order valence-corrected chi connectivity index (χ4v) is 0.639. The van der Waals surface area contributed by atoms with Crippen LogP contribution in [0.3, 0.4) is 0 Å². The van der Waals surface area contributed by atoms with E-state index in [0.717, 1.165) is 12.1 Å². The van der Waals surface area contributed by atoms with Gasteiger partial charge < -0.3 is 5.11 Å². The molecule has 0 radical (unpaired) electrons. The lowest BCUT2D eigenvalue weighted by molar-refractivity contribution is 0.407. The molecule has 0 bridgehead atoms. The molecule has 0 heterocycles. The standard InChI is InChI=1S/C7H3F2NO/c8-5-1-4(3-10)2-6(11)7(5)9/h1-2,11H. The fourth-order valence-electron chi connectivity index (χ4n) is 0.639. The van der Waals surface area contributed by atoms with E-state index in [2.05, 4.69) is 0 Å². The van der Waals surface area contributed by atoms with Crippen molar-refractivity contribution < 1.29 is 13.9 Å². The second kappa shape index (κ2) is 2.54. The van der Waals surface area contributed by atoms with Crippen LogP contribution in [0.25, 0.3) is 0 Å². The Bertz CT molecular complexity index is 307. The molecule has 11 heavy (non-hydrogen) atoms. The van der Waals surface area contributed by atoms with Crippen molar-refractivity contribution in [3.8, 4) is 11.8 Å². The van der Waals surface area contributed by atoms with Gasteiger partial charge in [0.1, 0.15) is 0 Å². The third-order valence-corrected chi connectivity index (χ3v) is 1.14. The van der Waals surface area contributed by atoms with E-state index in [1.54, 1.807) is 6.07 Å². The van der Waals surface area contributed by atoms with Crippen LogP contribution in [0, 0.1) is 23.0 Å². The Labute approximate surface area is 61.3 Å². The summed E-state index contributed by atoms with van der Waals surface area (Å²) in [4.78, 5) is 0. The molecule has 0 aliphatic heterocycles. The summed E-state index contributed by atoms with van der Waals surface area (Å²) in [6.45, 7) is 0. The van der Waals surface area contributed by atoms with Crippen molar-refractivity contribution in [2.45, 2.75) is 0 Å². The number of nitrogens with zero attached hydrogens (tertiary/aromatic N) is 1. The third-order valence-electron chi connectivity index (χ3n) is 1.14. The van der Waals surface area contributed by atoms with Crippen LogP contribution in [0.2, 0.25) is 0 Å². The summed E-state index contributed by atoms with van der Waals surface area (Å²) < 4.78 is 24.7. The molecular weight excluding hydrogens is 152 g/mol. The number of phenols is 1. The highest BCUT2D eigenvalue weighted by Gasteiger charge is 2.08. The Morgan fingerprint density at radius 3 is 2.45 bits per heavy atom. The molecule has 0 aliphatic carbocycles. The van der Waals surface area contributed by atoms with Crippen LogP contribution < -0.4 is 0 Å². The lowest BCUT2D eigenvalue weighted by Crippen LogP contribution is -1.86. The van der Waals surface area contributed by atoms with Crippen LogP contribution in [0.15, 0.2) is 12.1 Å². The Kier molecular flexibility index (Phi) is 1.73. The molecule has 0 amide bonds. The lowest BCUT2D eigenvalue weighted by atomic mass is 10.2. The van der Waals surface area contributed by atoms with Gasteiger partial charge in [0.05, 0.1) is 11.6 Å². The van der Waals surface area contributed by atoms with E-state index in [0.29, 0.717) is 0 Å². The zero-order valence-electron chi connectivity index (χ0n) is 5.31. The van der Waals surface area contributed by atoms with Gasteiger partial charge in [-0.05, 0) is 6.07 Å². The van der Waals surface area contributed by atoms with Crippen LogP contribution in [-0.4, -0.2) is 5.11 Å². The normalized spacial score (nSPS) is 9.18. The maximum Gasteiger partial charge on any atom is 0.200 e. The molecule has 0 fully saturated rings. The van der Waals surface area contributed by atoms with E-state index in [1.165, 1.54) is 0 Å². The number of phenolic OH excluding ortho intramolecular Hbond substituents is 1. The average Bonchev–Trinajstić information content (AvgIpc) is 1.99. The SMILES string of the molecule is N#Cc1cc(O)c(F)c(F)c1. The zero-order valence-corrected chi connectivity index (χ0v) is 5.31. The predicted molar refractivity (Wildman–Crippen MR) is 32.7 cm³/mol. The van der Waals surface area contributed by atoms with E-state index in [9.17, 15) is 8.78 Å². The highest BCUT2D eigenvalue weighted by atomic mass is 19.2. The van der Waals surface area contributed by atoms with Gasteiger partial charge in [0.25, 0.3) is 0 Å². The summed E-state index contributed by atoms with van der Waals surface area (Å²) in [5.74, 6) is -3.40. The Morgan fingerprint density at radius 2 is 2.00 bits per heavy atom. The molecule has 0 atom stereocenters. The van der Waals surface area contributed by atoms with E-state index in [1.807, 2.05) is 0 Å². The molecule has 0 unspecified atom stereocenters. The van der Waals surface area contributed by atoms with Gasteiger partial charge in [0.2, 0.25) is 0 Å². The molecule has 0 spiro atoms. The average molecular weight is 155 g/mol. The maximum atomic E-state index is 12.3. The van der Waals surface area contributed by atoms with Crippen molar-refractivity contribution >= 4 is 0 Å². The van der Waals surface area contributed by atoms with Crippen molar-refractivity contribution in [1.82, 2.24) is 0 Å². The molecule has 0 aliphatic rings. The van der Waals surface area contributed by atoms with E-state index < -0.39 is 17.4 Å². The van der Waals surface area contributed by atoms with Crippen LogP contribution in [0.1, 0.15) is 5.56 Å². The summed E-state index contributed by atoms with van der Waals surface area (Å²) in [6, 6.07) is 3.15. The number of nitriles is 1. The Morgan fingerprint density at radius 1 is 1.36 bits per heavy atom. The minimum Gasteiger partial charge on any atom is -0.505 e. The molecule has 1 N–H and O–H groups in total. The first-order valence-corrected chi connectivity index (χ1v) is 2.73. The lowest BCUT2D eigenvalue weighted by Gasteiger charge is -1.95. The number of rotatable bonds is 0. The third kappa shape index (κ3) is 1.27. The van der Waals surface area contributed by atoms with Crippen molar-refractivity contribution in [3.63, 3.8) is 0 Å². The van der Waals surface area contributed by atoms with Crippen molar-refractivity contribution in [1.29, 1.82) is 5.26 Å². The van der Waals surface area contributed by atoms with Gasteiger partial charge in [-0.15, -0.1) is 0 Å². The van der Waals surface area contributed by atoms with Gasteiger partial charge in [-0.2, -0.15) is 9.65 Å². The second-order valence-electron chi connectivity index (χ2n) is 1.90. The quantitative estimate of drug-likeness (QED) is 0.617. The van der Waals surface area contributed by atoms with Crippen LogP contribution in [-0.2, 0) is 0 Å². The van der Waals surface area contributed by atoms with Crippen molar-refractivity contribution in [2.75, 3.05) is 0 Å². The van der Waals surface area contributed by atoms with Gasteiger partial charge in [-0.25, -0.2) is 4.39 Å². The first kappa shape index (κ1) is 7.48. The molecule has 0 aromatic heterocycles. The molecular formula is C7H3F2NO. The highest BCUT2D eigenvalue weighted by molar-refractivity contribution is 5.37. The Hall–Kier alpha value is -1.63. The summed E-state index contributed by atoms with van der Waals surface area (Å²) in [5, 5.41) is 16.9. The van der Waals surface area contributed by atoms with Gasteiger partial charge in [-0.3, -0.25) is 0 Å². The summed E-state index contributed by atoms with van der Waals surface area (Å²) in [7, 11) is 0. The number of aromatic hydroxyl groups is 1. The monoisotopic (exact) mass is 155 g/mol. The van der Waals surface area contributed by atoms with Crippen molar-refractivity contribution in [3.05, 3.63) is 29.3 Å². The maximum absolute atomic E-state index is 12.3. The van der Waals surface area contributed by atoms with E-state index in [4.69, 9.17) is 10.4 Å². The summed E-state index contributed by atoms with van der Waals surface area (Å²) >= 11 is 0. The molecule has 1 rings (SSSR count). The second-order valence-corrected chi connectivity index (χ2v) is 1.90. The van der Waals surface area contributed by atoms with Crippen molar-refractivity contribution in [2.24, 2.45) is 0 Å². The van der Waals surface area contributed by atoms with Crippen LogP contribution in [0.5, 0.6) is 5.75 Å². The molecule has 4 heteroatoms. The molecule has 0 saturated heterocycles. The van der Waals surface area contributed by atoms with Gasteiger partial charge >= 0.3 is 0 Å². The molecule has 0 saturated carbocycles. The van der Waals surface area contributed by atoms with Crippen LogP contribution >= 0.6 is 0 Å². The van der Waals surface area contributed by atoms with Gasteiger partial charge in [0.15, 0.2) is 17.4 Å². The summed E-state index contributed by atoms with van der Waals surface area (Å²) in [5.41, 5.74) is -0.110. The Balaban J connectivity index is 3.35. The molecule has 56 valence electrons. The van der Waals surface area contributed by atoms with Crippen LogP contribution in [0.4, 0.5) is 8.78 Å². The molecule has 1 aromatic rings. The minimum atomic E-state index is -1.33. The predicted octanol–water partition coefficient (Wildman–Crippen LogP) is 1.54.